The van der Waals surface area contributed by atoms with Crippen LogP contribution in [0.25, 0.3) is 0 Å². The van der Waals surface area contributed by atoms with Gasteiger partial charge in [-0.15, -0.1) is 0 Å². The smallest absolute Gasteiger partial charge is 0.0336 e. The van der Waals surface area contributed by atoms with Gasteiger partial charge >= 0.3 is 0 Å². The van der Waals surface area contributed by atoms with Gasteiger partial charge in [-0.1, -0.05) is 51.5 Å². The highest BCUT2D eigenvalue weighted by Gasteiger charge is 2.66. The van der Waals surface area contributed by atoms with Gasteiger partial charge in [0.25, 0.3) is 0 Å². The molecule has 94 valence electrons. The van der Waals surface area contributed by atoms with Gasteiger partial charge in [0.15, 0.2) is 0 Å². The third-order valence-corrected chi connectivity index (χ3v) is 5.28. The highest BCUT2D eigenvalue weighted by atomic mass is 14.8. The zero-order chi connectivity index (χ0) is 13.0. The summed E-state index contributed by atoms with van der Waals surface area (Å²) in [6, 6.07) is 6.78. The van der Waals surface area contributed by atoms with Crippen LogP contribution in [0.4, 0.5) is 0 Å². The Labute approximate surface area is 105 Å². The standard InChI is InChI=1S/C16H25N/c1-10-7-8-12(11(2)9-10)13(17)14-15(3,4)16(14,5)6/h7-9,13-14H,17H2,1-6H3. The molecule has 0 amide bonds. The van der Waals surface area contributed by atoms with Gasteiger partial charge in [-0.3, -0.25) is 0 Å². The molecule has 0 spiro atoms. The lowest BCUT2D eigenvalue weighted by Gasteiger charge is -2.17. The summed E-state index contributed by atoms with van der Waals surface area (Å²) in [5.74, 6) is 0.580. The molecule has 1 fully saturated rings. The molecule has 2 rings (SSSR count). The van der Waals surface area contributed by atoms with Crippen molar-refractivity contribution in [1.82, 2.24) is 0 Å². The number of hydrogen-bond donors (Lipinski definition) is 1. The maximum absolute atomic E-state index is 6.50. The fourth-order valence-electron chi connectivity index (χ4n) is 3.52. The van der Waals surface area contributed by atoms with E-state index in [1.807, 2.05) is 0 Å². The molecule has 0 radical (unpaired) electrons. The van der Waals surface area contributed by atoms with Gasteiger partial charge in [0.05, 0.1) is 0 Å². The van der Waals surface area contributed by atoms with Gasteiger partial charge in [-0.05, 0) is 41.7 Å². The normalized spacial score (nSPS) is 23.5. The van der Waals surface area contributed by atoms with Gasteiger partial charge < -0.3 is 5.73 Å². The fourth-order valence-corrected chi connectivity index (χ4v) is 3.52. The van der Waals surface area contributed by atoms with Crippen LogP contribution in [0.15, 0.2) is 18.2 Å². The molecule has 1 aromatic carbocycles. The Morgan fingerprint density at radius 3 is 2.00 bits per heavy atom. The van der Waals surface area contributed by atoms with Crippen LogP contribution in [-0.2, 0) is 0 Å². The molecule has 0 aliphatic heterocycles. The van der Waals surface area contributed by atoms with Crippen molar-refractivity contribution in [2.45, 2.75) is 47.6 Å². The number of hydrogen-bond acceptors (Lipinski definition) is 1. The van der Waals surface area contributed by atoms with Crippen LogP contribution in [0.1, 0.15) is 50.4 Å². The van der Waals surface area contributed by atoms with Crippen molar-refractivity contribution in [2.75, 3.05) is 0 Å². The van der Waals surface area contributed by atoms with Crippen molar-refractivity contribution in [2.24, 2.45) is 22.5 Å². The molecule has 1 aliphatic rings. The number of aryl methyl sites for hydroxylation is 2. The van der Waals surface area contributed by atoms with E-state index >= 15 is 0 Å². The van der Waals surface area contributed by atoms with Crippen LogP contribution in [0.2, 0.25) is 0 Å². The van der Waals surface area contributed by atoms with Crippen LogP contribution in [0.3, 0.4) is 0 Å². The summed E-state index contributed by atoms with van der Waals surface area (Å²) in [7, 11) is 0. The minimum atomic E-state index is 0.167. The molecule has 17 heavy (non-hydrogen) atoms. The summed E-state index contributed by atoms with van der Waals surface area (Å²) in [6.07, 6.45) is 0. The molecule has 1 unspecified atom stereocenters. The molecule has 1 aromatic rings. The van der Waals surface area contributed by atoms with Crippen LogP contribution >= 0.6 is 0 Å². The molecule has 2 N–H and O–H groups in total. The van der Waals surface area contributed by atoms with Crippen molar-refractivity contribution >= 4 is 0 Å². The molecule has 1 saturated carbocycles. The summed E-state index contributed by atoms with van der Waals surface area (Å²) >= 11 is 0. The molecule has 1 atom stereocenters. The second-order valence-electron chi connectivity index (χ2n) is 6.81. The predicted octanol–water partition coefficient (Wildman–Crippen LogP) is 3.99. The first-order valence-electron chi connectivity index (χ1n) is 6.52. The average molecular weight is 231 g/mol. The molecule has 1 heteroatoms. The molecular formula is C16H25N. The van der Waals surface area contributed by atoms with E-state index in [4.69, 9.17) is 5.73 Å². The van der Waals surface area contributed by atoms with E-state index in [9.17, 15) is 0 Å². The van der Waals surface area contributed by atoms with Crippen LogP contribution in [-0.4, -0.2) is 0 Å². The van der Waals surface area contributed by atoms with Crippen LogP contribution in [0, 0.1) is 30.6 Å². The molecule has 0 saturated heterocycles. The molecule has 1 nitrogen and oxygen atoms in total. The maximum atomic E-state index is 6.50. The second-order valence-corrected chi connectivity index (χ2v) is 6.81. The number of nitrogens with two attached hydrogens (primary N) is 1. The fraction of sp³-hybridized carbons (Fsp3) is 0.625. The highest BCUT2D eigenvalue weighted by molar-refractivity contribution is 5.35. The quantitative estimate of drug-likeness (QED) is 0.818. The summed E-state index contributed by atoms with van der Waals surface area (Å²) in [6.45, 7) is 13.6. The summed E-state index contributed by atoms with van der Waals surface area (Å²) in [4.78, 5) is 0. The topological polar surface area (TPSA) is 26.0 Å². The van der Waals surface area contributed by atoms with Gasteiger partial charge in [0.1, 0.15) is 0 Å². The predicted molar refractivity (Wildman–Crippen MR) is 73.9 cm³/mol. The van der Waals surface area contributed by atoms with E-state index in [0.717, 1.165) is 0 Å². The number of rotatable bonds is 2. The van der Waals surface area contributed by atoms with Gasteiger partial charge in [0, 0.05) is 6.04 Å². The first-order valence-corrected chi connectivity index (χ1v) is 6.52. The summed E-state index contributed by atoms with van der Waals surface area (Å²) < 4.78 is 0. The van der Waals surface area contributed by atoms with Crippen molar-refractivity contribution in [1.29, 1.82) is 0 Å². The molecular weight excluding hydrogens is 206 g/mol. The first-order chi connectivity index (χ1) is 7.69. The Hall–Kier alpha value is -0.820. The molecule has 0 heterocycles. The number of benzene rings is 1. The lowest BCUT2D eigenvalue weighted by Crippen LogP contribution is -2.17. The van der Waals surface area contributed by atoms with Crippen molar-refractivity contribution in [3.05, 3.63) is 34.9 Å². The Kier molecular flexibility index (Phi) is 2.66. The third-order valence-electron chi connectivity index (χ3n) is 5.28. The molecule has 1 aliphatic carbocycles. The highest BCUT2D eigenvalue weighted by Crippen LogP contribution is 2.71. The van der Waals surface area contributed by atoms with E-state index in [1.165, 1.54) is 16.7 Å². The van der Waals surface area contributed by atoms with E-state index in [-0.39, 0.29) is 6.04 Å². The van der Waals surface area contributed by atoms with E-state index < -0.39 is 0 Å². The Balaban J connectivity index is 2.31. The Morgan fingerprint density at radius 2 is 1.59 bits per heavy atom. The molecule has 0 aromatic heterocycles. The van der Waals surface area contributed by atoms with Crippen molar-refractivity contribution < 1.29 is 0 Å². The van der Waals surface area contributed by atoms with Crippen LogP contribution in [0.5, 0.6) is 0 Å². The Morgan fingerprint density at radius 1 is 1.06 bits per heavy atom. The molecule has 0 bridgehead atoms. The average Bonchev–Trinajstić information content (AvgIpc) is 2.56. The summed E-state index contributed by atoms with van der Waals surface area (Å²) in [5.41, 5.74) is 11.2. The van der Waals surface area contributed by atoms with Gasteiger partial charge in [-0.25, -0.2) is 0 Å². The third kappa shape index (κ3) is 1.72. The lowest BCUT2D eigenvalue weighted by molar-refractivity contribution is 0.457. The SMILES string of the molecule is Cc1ccc(C(N)C2C(C)(C)C2(C)C)c(C)c1. The van der Waals surface area contributed by atoms with Crippen molar-refractivity contribution in [3.63, 3.8) is 0 Å². The van der Waals surface area contributed by atoms with Gasteiger partial charge in [-0.2, -0.15) is 0 Å². The first kappa shape index (κ1) is 12.6. The maximum Gasteiger partial charge on any atom is 0.0336 e. The monoisotopic (exact) mass is 231 g/mol. The largest absolute Gasteiger partial charge is 0.324 e. The van der Waals surface area contributed by atoms with E-state index in [2.05, 4.69) is 59.7 Å². The van der Waals surface area contributed by atoms with Crippen molar-refractivity contribution in [3.8, 4) is 0 Å². The van der Waals surface area contributed by atoms with E-state index in [1.54, 1.807) is 0 Å². The second kappa shape index (κ2) is 3.58. The minimum absolute atomic E-state index is 0.167. The zero-order valence-electron chi connectivity index (χ0n) is 12.0. The van der Waals surface area contributed by atoms with E-state index in [0.29, 0.717) is 16.7 Å². The Bertz CT molecular complexity index is 429. The summed E-state index contributed by atoms with van der Waals surface area (Å²) in [5, 5.41) is 0. The van der Waals surface area contributed by atoms with Crippen LogP contribution < -0.4 is 5.73 Å². The minimum Gasteiger partial charge on any atom is -0.324 e. The van der Waals surface area contributed by atoms with Gasteiger partial charge in [0.2, 0.25) is 0 Å². The zero-order valence-corrected chi connectivity index (χ0v) is 12.0. The lowest BCUT2D eigenvalue weighted by atomic mass is 9.93.